The highest BCUT2D eigenvalue weighted by atomic mass is 35.5. The van der Waals surface area contributed by atoms with Gasteiger partial charge in [-0.1, -0.05) is 23.4 Å². The summed E-state index contributed by atoms with van der Waals surface area (Å²) in [5, 5.41) is 8.08. The third-order valence-corrected chi connectivity index (χ3v) is 4.22. The first kappa shape index (κ1) is 17.4. The number of likely N-dealkylation sites (tertiary alicyclic amines) is 1. The molecule has 6 nitrogen and oxygen atoms in total. The van der Waals surface area contributed by atoms with Crippen LogP contribution in [0.4, 0.5) is 0 Å². The van der Waals surface area contributed by atoms with Crippen molar-refractivity contribution in [3.05, 3.63) is 42.2 Å². The number of halogens is 1. The predicted octanol–water partition coefficient (Wildman–Crippen LogP) is 1.89. The molecule has 0 radical (unpaired) electrons. The Morgan fingerprint density at radius 3 is 2.78 bits per heavy atom. The Morgan fingerprint density at radius 2 is 2.09 bits per heavy atom. The molecule has 2 heterocycles. The van der Waals surface area contributed by atoms with Crippen LogP contribution >= 0.6 is 12.4 Å². The van der Waals surface area contributed by atoms with Gasteiger partial charge in [0.25, 0.3) is 5.91 Å². The number of carbonyl (C=O) groups excluding carboxylic acids is 1. The molecule has 1 aliphatic heterocycles. The Labute approximate surface area is 142 Å². The molecule has 1 aliphatic rings. The van der Waals surface area contributed by atoms with Gasteiger partial charge in [0.2, 0.25) is 0 Å². The van der Waals surface area contributed by atoms with E-state index in [9.17, 15) is 4.79 Å². The van der Waals surface area contributed by atoms with E-state index in [0.717, 1.165) is 25.1 Å². The normalized spacial score (nSPS) is 19.0. The monoisotopic (exact) mass is 335 g/mol. The summed E-state index contributed by atoms with van der Waals surface area (Å²) < 4.78 is 1.63. The Kier molecular flexibility index (Phi) is 5.74. The van der Waals surface area contributed by atoms with Crippen molar-refractivity contribution in [1.29, 1.82) is 0 Å². The van der Waals surface area contributed by atoms with Gasteiger partial charge in [-0.2, -0.15) is 0 Å². The van der Waals surface area contributed by atoms with Crippen molar-refractivity contribution >= 4 is 18.3 Å². The molecule has 1 fully saturated rings. The summed E-state index contributed by atoms with van der Waals surface area (Å²) in [5.74, 6) is 0.300. The van der Waals surface area contributed by atoms with Crippen molar-refractivity contribution in [3.8, 4) is 5.69 Å². The van der Waals surface area contributed by atoms with Gasteiger partial charge in [0.05, 0.1) is 11.9 Å². The molecule has 2 unspecified atom stereocenters. The van der Waals surface area contributed by atoms with Crippen molar-refractivity contribution in [2.24, 2.45) is 11.7 Å². The molecule has 7 heteroatoms. The van der Waals surface area contributed by atoms with E-state index in [1.165, 1.54) is 0 Å². The van der Waals surface area contributed by atoms with Crippen LogP contribution in [0.15, 0.2) is 36.5 Å². The van der Waals surface area contributed by atoms with Crippen LogP contribution in [0.3, 0.4) is 0 Å². The highest BCUT2D eigenvalue weighted by molar-refractivity contribution is 5.92. The van der Waals surface area contributed by atoms with Gasteiger partial charge in [-0.05, 0) is 37.8 Å². The molecule has 23 heavy (non-hydrogen) atoms. The van der Waals surface area contributed by atoms with E-state index in [0.29, 0.717) is 18.2 Å². The van der Waals surface area contributed by atoms with Crippen molar-refractivity contribution in [2.75, 3.05) is 13.1 Å². The van der Waals surface area contributed by atoms with Gasteiger partial charge in [0.1, 0.15) is 0 Å². The van der Waals surface area contributed by atoms with Crippen molar-refractivity contribution < 1.29 is 4.79 Å². The molecule has 3 rings (SSSR count). The molecule has 124 valence electrons. The predicted molar refractivity (Wildman–Crippen MR) is 90.9 cm³/mol. The lowest BCUT2D eigenvalue weighted by molar-refractivity contribution is 0.0655. The summed E-state index contributed by atoms with van der Waals surface area (Å²) >= 11 is 0. The van der Waals surface area contributed by atoms with Gasteiger partial charge in [0.15, 0.2) is 5.69 Å². The van der Waals surface area contributed by atoms with Gasteiger partial charge in [-0.25, -0.2) is 4.68 Å². The number of benzene rings is 1. The smallest absolute Gasteiger partial charge is 0.276 e. The number of hydrogen-bond donors (Lipinski definition) is 1. The maximum Gasteiger partial charge on any atom is 0.276 e. The molecule has 1 amide bonds. The second-order valence-electron chi connectivity index (χ2n) is 5.90. The molecule has 1 aromatic carbocycles. The molecular formula is C16H22ClN5O. The van der Waals surface area contributed by atoms with Gasteiger partial charge >= 0.3 is 0 Å². The number of para-hydroxylation sites is 1. The van der Waals surface area contributed by atoms with Crippen LogP contribution < -0.4 is 5.73 Å². The van der Waals surface area contributed by atoms with Crippen molar-refractivity contribution in [3.63, 3.8) is 0 Å². The minimum Gasteiger partial charge on any atom is -0.337 e. The molecule has 2 N–H and O–H groups in total. The number of nitrogens with zero attached hydrogens (tertiary/aromatic N) is 4. The number of carbonyl (C=O) groups is 1. The number of rotatable bonds is 3. The topological polar surface area (TPSA) is 77.0 Å². The van der Waals surface area contributed by atoms with E-state index in [2.05, 4.69) is 10.3 Å². The molecule has 0 aliphatic carbocycles. The lowest BCUT2D eigenvalue weighted by Crippen LogP contribution is -2.45. The van der Waals surface area contributed by atoms with Crippen LogP contribution in [0.25, 0.3) is 5.69 Å². The van der Waals surface area contributed by atoms with Crippen molar-refractivity contribution in [1.82, 2.24) is 19.9 Å². The second-order valence-corrected chi connectivity index (χ2v) is 5.90. The number of hydrogen-bond acceptors (Lipinski definition) is 4. The van der Waals surface area contributed by atoms with E-state index >= 15 is 0 Å². The second kappa shape index (κ2) is 7.57. The summed E-state index contributed by atoms with van der Waals surface area (Å²) in [7, 11) is 0. The lowest BCUT2D eigenvalue weighted by Gasteiger charge is -2.34. The fourth-order valence-electron chi connectivity index (χ4n) is 2.85. The summed E-state index contributed by atoms with van der Waals surface area (Å²) in [5.41, 5.74) is 7.25. The van der Waals surface area contributed by atoms with Crippen LogP contribution in [0.1, 0.15) is 30.3 Å². The molecule has 0 spiro atoms. The zero-order valence-corrected chi connectivity index (χ0v) is 13.9. The minimum absolute atomic E-state index is 0. The maximum absolute atomic E-state index is 12.6. The summed E-state index contributed by atoms with van der Waals surface area (Å²) in [6.45, 7) is 3.47. The van der Waals surface area contributed by atoms with E-state index in [-0.39, 0.29) is 24.4 Å². The van der Waals surface area contributed by atoms with E-state index in [1.54, 1.807) is 10.9 Å². The molecule has 0 bridgehead atoms. The Hall–Kier alpha value is -1.92. The van der Waals surface area contributed by atoms with E-state index < -0.39 is 0 Å². The standard InChI is InChI=1S/C16H21N5O.ClH/c1-12(17)13-6-5-9-20(10-13)16(22)15-11-21(19-18-15)14-7-3-2-4-8-14;/h2-4,7-8,11-13H,5-6,9-10,17H2,1H3;1H. The van der Waals surface area contributed by atoms with Crippen LogP contribution in [0, 0.1) is 5.92 Å². The van der Waals surface area contributed by atoms with Crippen molar-refractivity contribution in [2.45, 2.75) is 25.8 Å². The van der Waals surface area contributed by atoms with E-state index in [4.69, 9.17) is 5.73 Å². The van der Waals surface area contributed by atoms with Crippen LogP contribution in [-0.4, -0.2) is 44.9 Å². The molecule has 2 aromatic rings. The third-order valence-electron chi connectivity index (χ3n) is 4.22. The largest absolute Gasteiger partial charge is 0.337 e. The number of nitrogens with two attached hydrogens (primary N) is 1. The number of amides is 1. The average molecular weight is 336 g/mol. The summed E-state index contributed by atoms with van der Waals surface area (Å²) in [4.78, 5) is 14.4. The number of aromatic nitrogens is 3. The maximum atomic E-state index is 12.6. The minimum atomic E-state index is -0.0625. The first-order valence-corrected chi connectivity index (χ1v) is 7.68. The SMILES string of the molecule is CC(N)C1CCCN(C(=O)c2cn(-c3ccccc3)nn2)C1.Cl. The van der Waals surface area contributed by atoms with E-state index in [1.807, 2.05) is 42.2 Å². The molecule has 0 saturated carbocycles. The van der Waals surface area contributed by atoms with Gasteiger partial charge in [-0.3, -0.25) is 4.79 Å². The highest BCUT2D eigenvalue weighted by Crippen LogP contribution is 2.20. The molecule has 1 aromatic heterocycles. The first-order chi connectivity index (χ1) is 10.6. The Bertz CT molecular complexity index is 643. The Balaban J connectivity index is 0.00000192. The van der Waals surface area contributed by atoms with Gasteiger partial charge in [0, 0.05) is 19.1 Å². The third kappa shape index (κ3) is 3.89. The Morgan fingerprint density at radius 1 is 1.35 bits per heavy atom. The zero-order valence-electron chi connectivity index (χ0n) is 13.1. The van der Waals surface area contributed by atoms with Crippen LogP contribution in [0.2, 0.25) is 0 Å². The lowest BCUT2D eigenvalue weighted by atomic mass is 9.92. The zero-order chi connectivity index (χ0) is 15.5. The molecule has 1 saturated heterocycles. The van der Waals surface area contributed by atoms with Crippen LogP contribution in [0.5, 0.6) is 0 Å². The molecular weight excluding hydrogens is 314 g/mol. The quantitative estimate of drug-likeness (QED) is 0.929. The first-order valence-electron chi connectivity index (χ1n) is 7.68. The highest BCUT2D eigenvalue weighted by Gasteiger charge is 2.27. The summed E-state index contributed by atoms with van der Waals surface area (Å²) in [6.07, 6.45) is 3.76. The number of piperidine rings is 1. The average Bonchev–Trinajstić information content (AvgIpc) is 3.05. The fraction of sp³-hybridized carbons (Fsp3) is 0.438. The molecule has 2 atom stereocenters. The van der Waals surface area contributed by atoms with Gasteiger partial charge in [-0.15, -0.1) is 17.5 Å². The summed E-state index contributed by atoms with van der Waals surface area (Å²) in [6, 6.07) is 9.75. The fourth-order valence-corrected chi connectivity index (χ4v) is 2.85. The van der Waals surface area contributed by atoms with Crippen LogP contribution in [-0.2, 0) is 0 Å². The van der Waals surface area contributed by atoms with Gasteiger partial charge < -0.3 is 10.6 Å².